The highest BCUT2D eigenvalue weighted by Crippen LogP contribution is 2.32. The summed E-state index contributed by atoms with van der Waals surface area (Å²) in [5.74, 6) is 1.60. The maximum Gasteiger partial charge on any atom is 0.330 e. The number of benzene rings is 1. The van der Waals surface area contributed by atoms with E-state index in [1.165, 1.54) is 12.8 Å². The molecular weight excluding hydrogens is 408 g/mol. The fraction of sp³-hybridized carbons (Fsp3) is 0.458. The van der Waals surface area contributed by atoms with Gasteiger partial charge in [-0.1, -0.05) is 0 Å². The number of fused-ring (bicyclic) bond motifs is 1. The maximum atomic E-state index is 13.4. The molecule has 1 saturated carbocycles. The van der Waals surface area contributed by atoms with Crippen LogP contribution in [0.15, 0.2) is 41.3 Å². The van der Waals surface area contributed by atoms with Gasteiger partial charge in [0, 0.05) is 31.9 Å². The summed E-state index contributed by atoms with van der Waals surface area (Å²) in [5, 5.41) is 0. The van der Waals surface area contributed by atoms with Crippen molar-refractivity contribution in [3.05, 3.63) is 52.6 Å². The predicted molar refractivity (Wildman–Crippen MR) is 120 cm³/mol. The molecule has 2 aromatic heterocycles. The van der Waals surface area contributed by atoms with Gasteiger partial charge in [0.05, 0.1) is 31.3 Å². The SMILES string of the molecule is COc1ccc(C(=O)N2CCC[C@H](n3c(=O)n(CC4CC4)c4cccnc43)C2)c(OC)c1. The topological polar surface area (TPSA) is 78.6 Å². The maximum absolute atomic E-state index is 13.4. The van der Waals surface area contributed by atoms with Crippen molar-refractivity contribution in [2.45, 2.75) is 38.3 Å². The summed E-state index contributed by atoms with van der Waals surface area (Å²) in [5.41, 5.74) is 2.06. The molecule has 0 radical (unpaired) electrons. The fourth-order valence-corrected chi connectivity index (χ4v) is 4.67. The van der Waals surface area contributed by atoms with Crippen LogP contribution in [0.1, 0.15) is 42.1 Å². The molecule has 8 nitrogen and oxygen atoms in total. The lowest BCUT2D eigenvalue weighted by molar-refractivity contribution is 0.0675. The first kappa shape index (κ1) is 20.6. The van der Waals surface area contributed by atoms with Crippen LogP contribution in [0, 0.1) is 5.92 Å². The Morgan fingerprint density at radius 2 is 2.00 bits per heavy atom. The number of hydrogen-bond acceptors (Lipinski definition) is 5. The number of imidazole rings is 1. The van der Waals surface area contributed by atoms with Crippen LogP contribution in [-0.4, -0.2) is 52.2 Å². The first-order valence-corrected chi connectivity index (χ1v) is 11.2. The zero-order chi connectivity index (χ0) is 22.2. The van der Waals surface area contributed by atoms with Crippen LogP contribution < -0.4 is 15.2 Å². The van der Waals surface area contributed by atoms with E-state index < -0.39 is 0 Å². The van der Waals surface area contributed by atoms with Gasteiger partial charge >= 0.3 is 5.69 Å². The summed E-state index contributed by atoms with van der Waals surface area (Å²) >= 11 is 0. The van der Waals surface area contributed by atoms with E-state index >= 15 is 0 Å². The number of piperidine rings is 1. The molecule has 3 heterocycles. The molecule has 0 bridgehead atoms. The van der Waals surface area contributed by atoms with E-state index in [4.69, 9.17) is 9.47 Å². The van der Waals surface area contributed by atoms with Crippen LogP contribution in [0.2, 0.25) is 0 Å². The molecule has 1 aliphatic carbocycles. The molecule has 168 valence electrons. The van der Waals surface area contributed by atoms with E-state index in [1.807, 2.05) is 26.2 Å². The van der Waals surface area contributed by atoms with Gasteiger partial charge in [-0.2, -0.15) is 0 Å². The molecule has 0 spiro atoms. The zero-order valence-electron chi connectivity index (χ0n) is 18.5. The molecule has 0 N–H and O–H groups in total. The van der Waals surface area contributed by atoms with Gasteiger partial charge in [0.2, 0.25) is 0 Å². The lowest BCUT2D eigenvalue weighted by atomic mass is 10.0. The Hall–Kier alpha value is -3.29. The number of carbonyl (C=O) groups is 1. The monoisotopic (exact) mass is 436 g/mol. The molecule has 32 heavy (non-hydrogen) atoms. The number of likely N-dealkylation sites (tertiary alicyclic amines) is 1. The Morgan fingerprint density at radius 3 is 2.75 bits per heavy atom. The Morgan fingerprint density at radius 1 is 1.16 bits per heavy atom. The largest absolute Gasteiger partial charge is 0.497 e. The standard InChI is InChI=1S/C24H28N4O4/c1-31-18-9-10-19(21(13-18)32-2)23(29)26-12-4-5-17(15-26)28-22-20(6-3-11-25-22)27(24(28)30)14-16-7-8-16/h3,6,9-11,13,16-17H,4-5,7-8,12,14-15H2,1-2H3/t17-/m0/s1. The van der Waals surface area contributed by atoms with Crippen LogP contribution in [-0.2, 0) is 6.54 Å². The summed E-state index contributed by atoms with van der Waals surface area (Å²) in [6.07, 6.45) is 5.74. The third kappa shape index (κ3) is 3.63. The number of pyridine rings is 1. The highest BCUT2D eigenvalue weighted by molar-refractivity contribution is 5.97. The van der Waals surface area contributed by atoms with Crippen LogP contribution in [0.5, 0.6) is 11.5 Å². The minimum absolute atomic E-state index is 0.0214. The number of aromatic nitrogens is 3. The summed E-state index contributed by atoms with van der Waals surface area (Å²) in [7, 11) is 3.13. The normalized spacial score (nSPS) is 18.7. The van der Waals surface area contributed by atoms with Crippen molar-refractivity contribution in [3.63, 3.8) is 0 Å². The van der Waals surface area contributed by atoms with Gasteiger partial charge in [0.25, 0.3) is 5.91 Å². The Balaban J connectivity index is 1.46. The molecule has 0 unspecified atom stereocenters. The van der Waals surface area contributed by atoms with Crippen molar-refractivity contribution in [1.82, 2.24) is 19.0 Å². The minimum Gasteiger partial charge on any atom is -0.497 e. The molecule has 5 rings (SSSR count). The van der Waals surface area contributed by atoms with Gasteiger partial charge in [-0.3, -0.25) is 13.9 Å². The summed E-state index contributed by atoms with van der Waals surface area (Å²) < 4.78 is 14.4. The molecular formula is C24H28N4O4. The highest BCUT2D eigenvalue weighted by Gasteiger charge is 2.31. The van der Waals surface area contributed by atoms with Crippen LogP contribution >= 0.6 is 0 Å². The van der Waals surface area contributed by atoms with Gasteiger partial charge < -0.3 is 14.4 Å². The Kier molecular flexibility index (Phi) is 5.36. The van der Waals surface area contributed by atoms with Crippen LogP contribution in [0.3, 0.4) is 0 Å². The average molecular weight is 437 g/mol. The number of hydrogen-bond donors (Lipinski definition) is 0. The van der Waals surface area contributed by atoms with Crippen molar-refractivity contribution in [2.75, 3.05) is 27.3 Å². The van der Waals surface area contributed by atoms with Crippen LogP contribution in [0.4, 0.5) is 0 Å². The molecule has 2 aliphatic rings. The van der Waals surface area contributed by atoms with Crippen molar-refractivity contribution in [1.29, 1.82) is 0 Å². The molecule has 1 aliphatic heterocycles. The minimum atomic E-state index is -0.109. The van der Waals surface area contributed by atoms with Gasteiger partial charge in [0.15, 0.2) is 5.65 Å². The molecule has 1 aromatic carbocycles. The second-order valence-corrected chi connectivity index (χ2v) is 8.67. The second-order valence-electron chi connectivity index (χ2n) is 8.67. The van der Waals surface area contributed by atoms with Crippen molar-refractivity contribution < 1.29 is 14.3 Å². The van der Waals surface area contributed by atoms with Crippen molar-refractivity contribution >= 4 is 17.1 Å². The smallest absolute Gasteiger partial charge is 0.330 e. The quantitative estimate of drug-likeness (QED) is 0.593. The number of rotatable bonds is 6. The van der Waals surface area contributed by atoms with Crippen LogP contribution in [0.25, 0.3) is 11.2 Å². The molecule has 1 atom stereocenters. The van der Waals surface area contributed by atoms with Crippen molar-refractivity contribution in [3.8, 4) is 11.5 Å². The molecule has 3 aromatic rings. The summed E-state index contributed by atoms with van der Waals surface area (Å²) in [6, 6.07) is 8.95. The highest BCUT2D eigenvalue weighted by atomic mass is 16.5. The molecule has 2 fully saturated rings. The van der Waals surface area contributed by atoms with Crippen molar-refractivity contribution in [2.24, 2.45) is 5.92 Å². The van der Waals surface area contributed by atoms with E-state index in [1.54, 1.807) is 38.6 Å². The Labute approximate surface area is 186 Å². The molecule has 8 heteroatoms. The van der Waals surface area contributed by atoms with E-state index in [0.717, 1.165) is 24.9 Å². The average Bonchev–Trinajstić information content (AvgIpc) is 3.62. The van der Waals surface area contributed by atoms with E-state index in [-0.39, 0.29) is 17.6 Å². The van der Waals surface area contributed by atoms with E-state index in [2.05, 4.69) is 4.98 Å². The van der Waals surface area contributed by atoms with Gasteiger partial charge in [-0.25, -0.2) is 9.78 Å². The molecule has 1 amide bonds. The second kappa shape index (κ2) is 8.33. The summed E-state index contributed by atoms with van der Waals surface area (Å²) in [6.45, 7) is 1.85. The summed E-state index contributed by atoms with van der Waals surface area (Å²) in [4.78, 5) is 33.1. The predicted octanol–water partition coefficient (Wildman–Crippen LogP) is 3.10. The van der Waals surface area contributed by atoms with Gasteiger partial charge in [-0.05, 0) is 55.9 Å². The first-order valence-electron chi connectivity index (χ1n) is 11.2. The van der Waals surface area contributed by atoms with Gasteiger partial charge in [-0.15, -0.1) is 0 Å². The van der Waals surface area contributed by atoms with Gasteiger partial charge in [0.1, 0.15) is 11.5 Å². The van der Waals surface area contributed by atoms with E-state index in [9.17, 15) is 9.59 Å². The zero-order valence-corrected chi connectivity index (χ0v) is 18.5. The number of nitrogens with zero attached hydrogens (tertiary/aromatic N) is 4. The number of ether oxygens (including phenoxy) is 2. The first-order chi connectivity index (χ1) is 15.6. The Bertz CT molecular complexity index is 1210. The third-order valence-electron chi connectivity index (χ3n) is 6.55. The number of amides is 1. The number of carbonyl (C=O) groups excluding carboxylic acids is 1. The molecule has 1 saturated heterocycles. The van der Waals surface area contributed by atoms with E-state index in [0.29, 0.717) is 41.7 Å². The third-order valence-corrected chi connectivity index (χ3v) is 6.55. The fourth-order valence-electron chi connectivity index (χ4n) is 4.67. The number of methoxy groups -OCH3 is 2. The lowest BCUT2D eigenvalue weighted by Gasteiger charge is -2.33. The lowest BCUT2D eigenvalue weighted by Crippen LogP contribution is -2.43.